The highest BCUT2D eigenvalue weighted by Crippen LogP contribution is 2.16. The topological polar surface area (TPSA) is 52.6 Å². The standard InChI is InChI=1S/C11H16O4/c1-8(12)14-10-4-3-5-11(7-6-10)15-9(2)13/h6-7,10-11H,3-5H2,1-2H3/t10-,11-/m0/s1. The number of rotatable bonds is 2. The molecule has 15 heavy (non-hydrogen) atoms. The largest absolute Gasteiger partial charge is 0.458 e. The van der Waals surface area contributed by atoms with E-state index in [1.54, 1.807) is 12.2 Å². The van der Waals surface area contributed by atoms with Crippen LogP contribution in [0.3, 0.4) is 0 Å². The molecule has 0 aromatic heterocycles. The lowest BCUT2D eigenvalue weighted by Crippen LogP contribution is -2.12. The Bertz CT molecular complexity index is 244. The smallest absolute Gasteiger partial charge is 0.303 e. The summed E-state index contributed by atoms with van der Waals surface area (Å²) in [5.41, 5.74) is 0. The molecule has 0 aliphatic heterocycles. The number of ether oxygens (including phenoxy) is 2. The van der Waals surface area contributed by atoms with Crippen molar-refractivity contribution in [2.24, 2.45) is 0 Å². The van der Waals surface area contributed by atoms with Gasteiger partial charge in [0, 0.05) is 13.8 Å². The Labute approximate surface area is 89.2 Å². The van der Waals surface area contributed by atoms with E-state index >= 15 is 0 Å². The van der Waals surface area contributed by atoms with Gasteiger partial charge in [-0.1, -0.05) is 0 Å². The van der Waals surface area contributed by atoms with Gasteiger partial charge in [0.15, 0.2) is 0 Å². The van der Waals surface area contributed by atoms with Crippen molar-refractivity contribution in [2.45, 2.75) is 45.3 Å². The van der Waals surface area contributed by atoms with Gasteiger partial charge in [0.05, 0.1) is 0 Å². The molecule has 0 fully saturated rings. The third-order valence-electron chi connectivity index (χ3n) is 2.15. The molecule has 0 unspecified atom stereocenters. The molecule has 1 aliphatic carbocycles. The van der Waals surface area contributed by atoms with Gasteiger partial charge in [-0.15, -0.1) is 0 Å². The van der Waals surface area contributed by atoms with Gasteiger partial charge < -0.3 is 9.47 Å². The summed E-state index contributed by atoms with van der Waals surface area (Å²) in [4.78, 5) is 21.5. The van der Waals surface area contributed by atoms with Crippen LogP contribution in [0, 0.1) is 0 Å². The molecule has 0 amide bonds. The van der Waals surface area contributed by atoms with E-state index in [0.717, 1.165) is 19.3 Å². The van der Waals surface area contributed by atoms with Crippen LogP contribution in [0.4, 0.5) is 0 Å². The van der Waals surface area contributed by atoms with Crippen LogP contribution in [0.2, 0.25) is 0 Å². The summed E-state index contributed by atoms with van der Waals surface area (Å²) in [7, 11) is 0. The Morgan fingerprint density at radius 2 is 1.40 bits per heavy atom. The second-order valence-corrected chi connectivity index (χ2v) is 3.61. The maximum atomic E-state index is 10.7. The highest BCUT2D eigenvalue weighted by atomic mass is 16.5. The molecule has 0 N–H and O–H groups in total. The van der Waals surface area contributed by atoms with Crippen molar-refractivity contribution in [1.29, 1.82) is 0 Å². The first kappa shape index (κ1) is 11.8. The molecule has 0 saturated carbocycles. The fraction of sp³-hybridized carbons (Fsp3) is 0.636. The van der Waals surface area contributed by atoms with Crippen LogP contribution >= 0.6 is 0 Å². The van der Waals surface area contributed by atoms with Gasteiger partial charge in [-0.05, 0) is 31.4 Å². The molecule has 0 heterocycles. The molecule has 4 heteroatoms. The third-order valence-corrected chi connectivity index (χ3v) is 2.15. The molecule has 1 aliphatic rings. The van der Waals surface area contributed by atoms with Crippen LogP contribution in [-0.2, 0) is 19.1 Å². The van der Waals surface area contributed by atoms with Crippen molar-refractivity contribution in [2.75, 3.05) is 0 Å². The lowest BCUT2D eigenvalue weighted by Gasteiger charge is -2.10. The van der Waals surface area contributed by atoms with Gasteiger partial charge in [0.1, 0.15) is 12.2 Å². The highest BCUT2D eigenvalue weighted by Gasteiger charge is 2.16. The van der Waals surface area contributed by atoms with Crippen LogP contribution in [0.25, 0.3) is 0 Å². The van der Waals surface area contributed by atoms with Gasteiger partial charge >= 0.3 is 11.9 Å². The van der Waals surface area contributed by atoms with Gasteiger partial charge in [-0.3, -0.25) is 9.59 Å². The van der Waals surface area contributed by atoms with Crippen LogP contribution in [0.15, 0.2) is 12.2 Å². The second kappa shape index (κ2) is 5.53. The summed E-state index contributed by atoms with van der Waals surface area (Å²) >= 11 is 0. The van der Waals surface area contributed by atoms with E-state index < -0.39 is 0 Å². The number of esters is 2. The summed E-state index contributed by atoms with van der Waals surface area (Å²) in [6, 6.07) is 0. The second-order valence-electron chi connectivity index (χ2n) is 3.61. The zero-order chi connectivity index (χ0) is 11.3. The number of carbonyl (C=O) groups is 2. The molecule has 0 radical (unpaired) electrons. The predicted molar refractivity (Wildman–Crippen MR) is 54.1 cm³/mol. The van der Waals surface area contributed by atoms with E-state index in [9.17, 15) is 9.59 Å². The molecule has 0 aromatic rings. The molecule has 1 rings (SSSR count). The minimum atomic E-state index is -0.282. The van der Waals surface area contributed by atoms with Crippen molar-refractivity contribution in [1.82, 2.24) is 0 Å². The van der Waals surface area contributed by atoms with Crippen molar-refractivity contribution >= 4 is 11.9 Å². The van der Waals surface area contributed by atoms with Crippen molar-refractivity contribution < 1.29 is 19.1 Å². The molecular weight excluding hydrogens is 196 g/mol. The summed E-state index contributed by atoms with van der Waals surface area (Å²) in [6.45, 7) is 2.78. The van der Waals surface area contributed by atoms with Crippen LogP contribution < -0.4 is 0 Å². The Balaban J connectivity index is 2.48. The molecule has 2 atom stereocenters. The van der Waals surface area contributed by atoms with Crippen LogP contribution in [-0.4, -0.2) is 24.1 Å². The predicted octanol–water partition coefficient (Wildman–Crippen LogP) is 1.59. The normalized spacial score (nSPS) is 25.5. The fourth-order valence-corrected chi connectivity index (χ4v) is 1.58. The molecule has 0 bridgehead atoms. The van der Waals surface area contributed by atoms with E-state index in [1.165, 1.54) is 13.8 Å². The summed E-state index contributed by atoms with van der Waals surface area (Å²) in [5.74, 6) is -0.564. The average Bonchev–Trinajstić information content (AvgIpc) is 2.29. The van der Waals surface area contributed by atoms with E-state index in [4.69, 9.17) is 9.47 Å². The Morgan fingerprint density at radius 3 is 1.73 bits per heavy atom. The lowest BCUT2D eigenvalue weighted by atomic mass is 10.2. The van der Waals surface area contributed by atoms with Crippen molar-refractivity contribution in [3.05, 3.63) is 12.2 Å². The Morgan fingerprint density at radius 1 is 1.00 bits per heavy atom. The first-order valence-electron chi connectivity index (χ1n) is 5.10. The minimum Gasteiger partial charge on any atom is -0.458 e. The Hall–Kier alpha value is -1.32. The number of hydrogen-bond donors (Lipinski definition) is 0. The minimum absolute atomic E-state index is 0.178. The molecule has 0 saturated heterocycles. The first-order valence-corrected chi connectivity index (χ1v) is 5.10. The van der Waals surface area contributed by atoms with Gasteiger partial charge in [0.2, 0.25) is 0 Å². The van der Waals surface area contributed by atoms with Gasteiger partial charge in [0.25, 0.3) is 0 Å². The third kappa shape index (κ3) is 4.63. The van der Waals surface area contributed by atoms with Gasteiger partial charge in [-0.25, -0.2) is 0 Å². The van der Waals surface area contributed by atoms with E-state index in [-0.39, 0.29) is 24.1 Å². The summed E-state index contributed by atoms with van der Waals surface area (Å²) in [5, 5.41) is 0. The molecule has 4 nitrogen and oxygen atoms in total. The molecular formula is C11H16O4. The highest BCUT2D eigenvalue weighted by molar-refractivity contribution is 5.66. The molecule has 0 aromatic carbocycles. The zero-order valence-corrected chi connectivity index (χ0v) is 9.06. The van der Waals surface area contributed by atoms with Crippen LogP contribution in [0.5, 0.6) is 0 Å². The SMILES string of the molecule is CC(=O)O[C@@H]1C=C[C@@H](OC(C)=O)CCC1. The van der Waals surface area contributed by atoms with E-state index in [2.05, 4.69) is 0 Å². The van der Waals surface area contributed by atoms with Crippen molar-refractivity contribution in [3.8, 4) is 0 Å². The number of carbonyl (C=O) groups excluding carboxylic acids is 2. The molecule has 0 spiro atoms. The number of hydrogen-bond acceptors (Lipinski definition) is 4. The Kier molecular flexibility index (Phi) is 4.34. The van der Waals surface area contributed by atoms with E-state index in [0.29, 0.717) is 0 Å². The molecule has 84 valence electrons. The average molecular weight is 212 g/mol. The first-order chi connectivity index (χ1) is 7.08. The van der Waals surface area contributed by atoms with Crippen molar-refractivity contribution in [3.63, 3.8) is 0 Å². The maximum absolute atomic E-state index is 10.7. The van der Waals surface area contributed by atoms with Gasteiger partial charge in [-0.2, -0.15) is 0 Å². The van der Waals surface area contributed by atoms with Crippen LogP contribution in [0.1, 0.15) is 33.1 Å². The monoisotopic (exact) mass is 212 g/mol. The quantitative estimate of drug-likeness (QED) is 0.515. The zero-order valence-electron chi connectivity index (χ0n) is 9.06. The summed E-state index contributed by atoms with van der Waals surface area (Å²) < 4.78 is 10.1. The fourth-order valence-electron chi connectivity index (χ4n) is 1.58. The summed E-state index contributed by atoms with van der Waals surface area (Å²) in [6.07, 6.45) is 5.68. The van der Waals surface area contributed by atoms with E-state index in [1.807, 2.05) is 0 Å². The maximum Gasteiger partial charge on any atom is 0.303 e. The lowest BCUT2D eigenvalue weighted by molar-refractivity contribution is -0.145.